The van der Waals surface area contributed by atoms with Crippen molar-refractivity contribution in [2.24, 2.45) is 0 Å². The van der Waals surface area contributed by atoms with Crippen molar-refractivity contribution in [2.45, 2.75) is 17.6 Å². The van der Waals surface area contributed by atoms with Gasteiger partial charge in [-0.05, 0) is 30.7 Å². The number of methoxy groups -OCH3 is 4. The number of hydrogen-bond donors (Lipinski definition) is 4. The number of hydrogen-bond acceptors (Lipinski definition) is 17. The van der Waals surface area contributed by atoms with E-state index in [1.807, 2.05) is 4.72 Å². The van der Waals surface area contributed by atoms with E-state index in [0.717, 1.165) is 0 Å². The first kappa shape index (κ1) is 43.1. The van der Waals surface area contributed by atoms with Crippen LogP contribution in [0.15, 0.2) is 65.6 Å². The first-order valence-corrected chi connectivity index (χ1v) is 18.7. The summed E-state index contributed by atoms with van der Waals surface area (Å²) in [5.74, 6) is -2.35. The fraction of sp³-hybridized carbons (Fsp3) is 0.226. The second-order valence-corrected chi connectivity index (χ2v) is 13.8. The fourth-order valence-electron chi connectivity index (χ4n) is 4.07. The number of nitrogens with one attached hydrogen (secondary N) is 4. The molecule has 24 heteroatoms. The maximum Gasteiger partial charge on any atom is 0.339 e. The zero-order valence-electron chi connectivity index (χ0n) is 29.5. The van der Waals surface area contributed by atoms with Gasteiger partial charge in [0.25, 0.3) is 10.0 Å². The summed E-state index contributed by atoms with van der Waals surface area (Å²) < 4.78 is 77.3. The van der Waals surface area contributed by atoms with Crippen LogP contribution in [-0.2, 0) is 35.3 Å². The van der Waals surface area contributed by atoms with Crippen LogP contribution in [0.5, 0.6) is 17.6 Å². The Morgan fingerprint density at radius 1 is 0.673 bits per heavy atom. The molecule has 2 heterocycles. The Hall–Kier alpha value is -6.33. The highest BCUT2D eigenvalue weighted by atomic mass is 35.5. The second kappa shape index (κ2) is 19.7. The number of benzene rings is 2. The van der Waals surface area contributed by atoms with E-state index in [4.69, 9.17) is 30.5 Å². The van der Waals surface area contributed by atoms with Crippen molar-refractivity contribution < 1.29 is 59.7 Å². The smallest absolute Gasteiger partial charge is 0.339 e. The van der Waals surface area contributed by atoms with Gasteiger partial charge in [0.2, 0.25) is 39.6 Å². The van der Waals surface area contributed by atoms with E-state index in [1.54, 1.807) is 23.8 Å². The molecule has 0 radical (unpaired) electrons. The zero-order chi connectivity index (χ0) is 40.8. The molecule has 21 nitrogen and oxygen atoms in total. The van der Waals surface area contributed by atoms with E-state index in [0.29, 0.717) is 0 Å². The number of amides is 4. The maximum absolute atomic E-state index is 12.5. The van der Waals surface area contributed by atoms with Crippen LogP contribution in [0, 0.1) is 0 Å². The van der Waals surface area contributed by atoms with Crippen LogP contribution in [0.1, 0.15) is 33.2 Å². The minimum absolute atomic E-state index is 0.0207. The number of ether oxygens (including phenoxy) is 5. The molecule has 55 heavy (non-hydrogen) atoms. The summed E-state index contributed by atoms with van der Waals surface area (Å²) >= 11 is 5.75. The molecule has 2 aromatic carbocycles. The first-order valence-electron chi connectivity index (χ1n) is 15.2. The van der Waals surface area contributed by atoms with Gasteiger partial charge in [-0.15, -0.1) is 0 Å². The predicted octanol–water partition coefficient (Wildman–Crippen LogP) is 2.76. The third kappa shape index (κ3) is 12.9. The summed E-state index contributed by atoms with van der Waals surface area (Å²) in [7, 11) is -3.29. The topological polar surface area (TPSA) is 282 Å². The minimum atomic E-state index is -4.38. The van der Waals surface area contributed by atoms with Gasteiger partial charge in [-0.25, -0.2) is 50.4 Å². The van der Waals surface area contributed by atoms with Gasteiger partial charge in [0.05, 0.1) is 58.0 Å². The van der Waals surface area contributed by atoms with Crippen molar-refractivity contribution in [1.82, 2.24) is 29.4 Å². The van der Waals surface area contributed by atoms with Gasteiger partial charge in [0.1, 0.15) is 10.0 Å². The van der Waals surface area contributed by atoms with Crippen LogP contribution >= 0.6 is 11.6 Å². The lowest BCUT2D eigenvalue weighted by Crippen LogP contribution is -2.36. The third-order valence-electron chi connectivity index (χ3n) is 6.34. The highest BCUT2D eigenvalue weighted by Crippen LogP contribution is 2.20. The van der Waals surface area contributed by atoms with E-state index < -0.39 is 54.7 Å². The van der Waals surface area contributed by atoms with Crippen LogP contribution in [0.25, 0.3) is 0 Å². The summed E-state index contributed by atoms with van der Waals surface area (Å²) in [6.07, 6.45) is 0. The fourth-order valence-corrected chi connectivity index (χ4v) is 6.42. The molecule has 0 spiro atoms. The molecule has 4 rings (SSSR count). The highest BCUT2D eigenvalue weighted by molar-refractivity contribution is 7.90. The Bertz CT molecular complexity index is 2240. The summed E-state index contributed by atoms with van der Waals surface area (Å²) in [6.45, 7) is 1.65. The Morgan fingerprint density at radius 3 is 1.75 bits per heavy atom. The first-order chi connectivity index (χ1) is 26.0. The van der Waals surface area contributed by atoms with Crippen LogP contribution in [0.4, 0.5) is 21.5 Å². The largest absolute Gasteiger partial charge is 0.481 e. The van der Waals surface area contributed by atoms with E-state index in [9.17, 15) is 36.0 Å². The number of carbonyl (C=O) groups is 4. The molecule has 0 aliphatic heterocycles. The molecule has 0 aliphatic carbocycles. The highest BCUT2D eigenvalue weighted by Gasteiger charge is 2.26. The molecule has 0 unspecified atom stereocenters. The molecular formula is C31H33ClN8O13S2. The number of esters is 2. The van der Waals surface area contributed by atoms with Gasteiger partial charge in [-0.1, -0.05) is 41.9 Å². The van der Waals surface area contributed by atoms with Gasteiger partial charge >= 0.3 is 24.0 Å². The van der Waals surface area contributed by atoms with Gasteiger partial charge in [0, 0.05) is 6.07 Å². The normalized spacial score (nSPS) is 10.7. The SMILES string of the molecule is CCOC(=O)c1ccccc1S(=O)(=O)NC(=O)Nc1nc(Cl)cc(OC)n1.COC(=O)c1ccccc1CS(=O)(=O)NC(=O)Nc1nc(OC)cc(OC)n1. The molecule has 0 fully saturated rings. The number of anilines is 2. The average molecular weight is 825 g/mol. The molecule has 294 valence electrons. The number of nitrogens with zero attached hydrogens (tertiary/aromatic N) is 4. The number of rotatable bonds is 13. The Kier molecular flexibility index (Phi) is 15.4. The van der Waals surface area contributed by atoms with E-state index in [1.165, 1.54) is 77.0 Å². The van der Waals surface area contributed by atoms with Crippen molar-refractivity contribution in [3.63, 3.8) is 0 Å². The molecule has 4 amide bonds. The molecule has 0 bridgehead atoms. The van der Waals surface area contributed by atoms with Gasteiger partial charge in [-0.2, -0.15) is 15.0 Å². The number of carbonyl (C=O) groups excluding carboxylic acids is 4. The summed E-state index contributed by atoms with van der Waals surface area (Å²) in [5, 5.41) is 4.28. The molecule has 0 atom stereocenters. The molecule has 4 N–H and O–H groups in total. The number of halogens is 1. The Balaban J connectivity index is 0.000000296. The van der Waals surface area contributed by atoms with Gasteiger partial charge in [-0.3, -0.25) is 10.6 Å². The van der Waals surface area contributed by atoms with E-state index in [-0.39, 0.29) is 58.0 Å². The standard InChI is InChI=1S/C16H18N4O7S.C15H15ClN4O6S/c1-25-12-8-13(26-2)18-15(17-12)19-16(22)20-28(23,24)9-10-6-4-5-7-11(10)14(21)27-3;1-3-26-13(21)9-6-4-5-7-10(9)27(23,24)20-15(22)19-14-17-11(16)8-12(18-14)25-2/h4-8H,9H2,1-3H3,(H2,17,18,19,20,22);4-8H,3H2,1-2H3,(H2,17,18,19,20,22). The molecular weight excluding hydrogens is 792 g/mol. The summed E-state index contributed by atoms with van der Waals surface area (Å²) in [4.78, 5) is 62.6. The monoisotopic (exact) mass is 824 g/mol. The average Bonchev–Trinajstić information content (AvgIpc) is 3.13. The lowest BCUT2D eigenvalue weighted by molar-refractivity contribution is 0.0520. The molecule has 4 aromatic rings. The number of sulfonamides is 2. The van der Waals surface area contributed by atoms with Gasteiger partial charge < -0.3 is 23.7 Å². The Labute approximate surface area is 319 Å². The summed E-state index contributed by atoms with van der Waals surface area (Å²) in [5.41, 5.74) is 0.0472. The van der Waals surface area contributed by atoms with E-state index >= 15 is 0 Å². The number of urea groups is 2. The Morgan fingerprint density at radius 2 is 1.18 bits per heavy atom. The van der Waals surface area contributed by atoms with Crippen molar-refractivity contribution in [3.8, 4) is 17.6 Å². The van der Waals surface area contributed by atoms with Crippen LogP contribution < -0.4 is 34.3 Å². The number of aromatic nitrogens is 4. The summed E-state index contributed by atoms with van der Waals surface area (Å²) in [6, 6.07) is 11.7. The van der Waals surface area contributed by atoms with Crippen molar-refractivity contribution in [2.75, 3.05) is 45.7 Å². The van der Waals surface area contributed by atoms with Crippen LogP contribution in [-0.4, -0.2) is 95.8 Å². The maximum atomic E-state index is 12.5. The quantitative estimate of drug-likeness (QED) is 0.111. The van der Waals surface area contributed by atoms with Crippen molar-refractivity contribution in [1.29, 1.82) is 0 Å². The van der Waals surface area contributed by atoms with Crippen LogP contribution in [0.3, 0.4) is 0 Å². The molecule has 0 aliphatic rings. The van der Waals surface area contributed by atoms with Crippen LogP contribution in [0.2, 0.25) is 5.15 Å². The molecule has 0 saturated heterocycles. The van der Waals surface area contributed by atoms with Gasteiger partial charge in [0.15, 0.2) is 0 Å². The van der Waals surface area contributed by atoms with Crippen molar-refractivity contribution >= 4 is 67.5 Å². The molecule has 0 saturated carbocycles. The van der Waals surface area contributed by atoms with E-state index in [2.05, 4.69) is 35.3 Å². The minimum Gasteiger partial charge on any atom is -0.481 e. The zero-order valence-corrected chi connectivity index (χ0v) is 31.9. The second-order valence-electron chi connectivity index (χ2n) is 10.1. The predicted molar refractivity (Wildman–Crippen MR) is 193 cm³/mol. The third-order valence-corrected chi connectivity index (χ3v) is 9.11. The van der Waals surface area contributed by atoms with Crippen molar-refractivity contribution in [3.05, 3.63) is 82.5 Å². The molecule has 2 aromatic heterocycles. The lowest BCUT2D eigenvalue weighted by atomic mass is 10.1. The lowest BCUT2D eigenvalue weighted by Gasteiger charge is -2.11.